The Bertz CT molecular complexity index is 813. The molecule has 3 rings (SSSR count). The molecule has 5 nitrogen and oxygen atoms in total. The lowest BCUT2D eigenvalue weighted by Gasteiger charge is -2.17. The molecular weight excluding hydrogens is 332 g/mol. The molecule has 0 radical (unpaired) electrons. The molecule has 1 atom stereocenters. The zero-order valence-corrected chi connectivity index (χ0v) is 13.5. The molecule has 1 amide bonds. The number of rotatable bonds is 5. The third-order valence-corrected chi connectivity index (χ3v) is 5.20. The molecule has 0 fully saturated rings. The normalized spacial score (nSPS) is 11.8. The Hall–Kier alpha value is -2.51. The molecule has 0 saturated carbocycles. The van der Waals surface area contributed by atoms with Gasteiger partial charge in [0.25, 0.3) is 5.91 Å². The van der Waals surface area contributed by atoms with E-state index in [9.17, 15) is 14.9 Å². The predicted molar refractivity (Wildman–Crippen MR) is 91.0 cm³/mol. The highest BCUT2D eigenvalue weighted by Gasteiger charge is 2.21. The summed E-state index contributed by atoms with van der Waals surface area (Å²) in [6.07, 6.45) is 0. The second kappa shape index (κ2) is 6.72. The van der Waals surface area contributed by atoms with Gasteiger partial charge in [0.05, 0.1) is 15.8 Å². The number of thiophene rings is 2. The first-order chi connectivity index (χ1) is 11.1. The summed E-state index contributed by atoms with van der Waals surface area (Å²) in [6, 6.07) is 16.1. The minimum absolute atomic E-state index is 0.0393. The summed E-state index contributed by atoms with van der Waals surface area (Å²) >= 11 is 2.43. The van der Waals surface area contributed by atoms with E-state index in [0.29, 0.717) is 4.88 Å². The van der Waals surface area contributed by atoms with Gasteiger partial charge < -0.3 is 5.32 Å². The van der Waals surface area contributed by atoms with Crippen LogP contribution in [0.15, 0.2) is 60.0 Å². The van der Waals surface area contributed by atoms with Crippen LogP contribution in [0.2, 0.25) is 0 Å². The molecule has 0 spiro atoms. The molecule has 0 aliphatic rings. The topological polar surface area (TPSA) is 72.2 Å². The maximum Gasteiger partial charge on any atom is 0.324 e. The molecule has 23 heavy (non-hydrogen) atoms. The van der Waals surface area contributed by atoms with E-state index in [1.807, 2.05) is 47.8 Å². The van der Waals surface area contributed by atoms with Crippen molar-refractivity contribution in [3.8, 4) is 0 Å². The van der Waals surface area contributed by atoms with Gasteiger partial charge in [-0.05, 0) is 23.1 Å². The number of nitrogens with zero attached hydrogens (tertiary/aromatic N) is 1. The first kappa shape index (κ1) is 15.4. The van der Waals surface area contributed by atoms with Crippen LogP contribution in [0.5, 0.6) is 0 Å². The van der Waals surface area contributed by atoms with Crippen molar-refractivity contribution in [2.24, 2.45) is 0 Å². The van der Waals surface area contributed by atoms with E-state index in [1.165, 1.54) is 12.1 Å². The van der Waals surface area contributed by atoms with Crippen LogP contribution in [0, 0.1) is 10.1 Å². The number of benzene rings is 1. The number of nitrogens with one attached hydrogen (secondary N) is 1. The zero-order chi connectivity index (χ0) is 16.2. The highest BCUT2D eigenvalue weighted by atomic mass is 32.1. The second-order valence-corrected chi connectivity index (χ2v) is 6.77. The van der Waals surface area contributed by atoms with Crippen LogP contribution in [0.25, 0.3) is 0 Å². The SMILES string of the molecule is O=C(N[C@@H](c1ccccc1)c1cccs1)c1ccc([N+](=O)[O-])s1. The number of hydrogen-bond acceptors (Lipinski definition) is 5. The van der Waals surface area contributed by atoms with Crippen molar-refractivity contribution in [2.75, 3.05) is 0 Å². The summed E-state index contributed by atoms with van der Waals surface area (Å²) in [7, 11) is 0. The van der Waals surface area contributed by atoms with Gasteiger partial charge in [0, 0.05) is 10.9 Å². The molecule has 0 unspecified atom stereocenters. The van der Waals surface area contributed by atoms with E-state index >= 15 is 0 Å². The molecular formula is C16H12N2O3S2. The fourth-order valence-electron chi connectivity index (χ4n) is 2.17. The van der Waals surface area contributed by atoms with Crippen LogP contribution in [0.4, 0.5) is 5.00 Å². The van der Waals surface area contributed by atoms with E-state index < -0.39 is 4.92 Å². The maximum atomic E-state index is 12.4. The lowest BCUT2D eigenvalue weighted by molar-refractivity contribution is -0.380. The first-order valence-electron chi connectivity index (χ1n) is 6.78. The lowest BCUT2D eigenvalue weighted by Crippen LogP contribution is -2.28. The molecule has 0 aliphatic heterocycles. The molecule has 116 valence electrons. The Labute approximate surface area is 140 Å². The van der Waals surface area contributed by atoms with Gasteiger partial charge in [-0.2, -0.15) is 0 Å². The van der Waals surface area contributed by atoms with Gasteiger partial charge >= 0.3 is 5.00 Å². The third-order valence-electron chi connectivity index (χ3n) is 3.23. The Morgan fingerprint density at radius 3 is 2.48 bits per heavy atom. The second-order valence-electron chi connectivity index (χ2n) is 4.73. The third kappa shape index (κ3) is 3.46. The molecule has 0 saturated heterocycles. The van der Waals surface area contributed by atoms with Crippen LogP contribution < -0.4 is 5.32 Å². The van der Waals surface area contributed by atoms with Gasteiger partial charge in [0.15, 0.2) is 0 Å². The van der Waals surface area contributed by atoms with Crippen molar-refractivity contribution >= 4 is 33.6 Å². The molecule has 0 aliphatic carbocycles. The summed E-state index contributed by atoms with van der Waals surface area (Å²) in [5, 5.41) is 15.6. The van der Waals surface area contributed by atoms with Crippen molar-refractivity contribution < 1.29 is 9.72 Å². The quantitative estimate of drug-likeness (QED) is 0.556. The number of hydrogen-bond donors (Lipinski definition) is 1. The van der Waals surface area contributed by atoms with E-state index in [2.05, 4.69) is 5.32 Å². The van der Waals surface area contributed by atoms with Crippen molar-refractivity contribution in [1.82, 2.24) is 5.32 Å². The minimum atomic E-state index is -0.491. The average Bonchev–Trinajstić information content (AvgIpc) is 3.24. The molecule has 3 aromatic rings. The predicted octanol–water partition coefficient (Wildman–Crippen LogP) is 4.24. The Morgan fingerprint density at radius 1 is 1.09 bits per heavy atom. The molecule has 0 bridgehead atoms. The molecule has 2 aromatic heterocycles. The summed E-state index contributed by atoms with van der Waals surface area (Å²) in [4.78, 5) is 24.0. The van der Waals surface area contributed by atoms with Gasteiger partial charge in [-0.3, -0.25) is 14.9 Å². The summed E-state index contributed by atoms with van der Waals surface area (Å²) in [5.74, 6) is -0.314. The van der Waals surface area contributed by atoms with E-state index in [4.69, 9.17) is 0 Å². The molecule has 7 heteroatoms. The fourth-order valence-corrected chi connectivity index (χ4v) is 3.70. The van der Waals surface area contributed by atoms with Crippen molar-refractivity contribution in [3.05, 3.63) is 85.4 Å². The maximum absolute atomic E-state index is 12.4. The van der Waals surface area contributed by atoms with Crippen LogP contribution in [-0.4, -0.2) is 10.8 Å². The summed E-state index contributed by atoms with van der Waals surface area (Å²) in [5.41, 5.74) is 0.967. The Balaban J connectivity index is 1.86. The number of nitro groups is 1. The Kier molecular flexibility index (Phi) is 4.50. The van der Waals surface area contributed by atoms with E-state index in [-0.39, 0.29) is 17.0 Å². The van der Waals surface area contributed by atoms with Crippen molar-refractivity contribution in [1.29, 1.82) is 0 Å². The van der Waals surface area contributed by atoms with Crippen molar-refractivity contribution in [3.63, 3.8) is 0 Å². The highest BCUT2D eigenvalue weighted by Crippen LogP contribution is 2.28. The first-order valence-corrected chi connectivity index (χ1v) is 8.48. The standard InChI is InChI=1S/C16H12N2O3S2/c19-16(13-8-9-14(23-13)18(20)21)17-15(12-7-4-10-22-12)11-5-2-1-3-6-11/h1-10,15H,(H,17,19)/t15-/m0/s1. The fraction of sp³-hybridized carbons (Fsp3) is 0.0625. The zero-order valence-electron chi connectivity index (χ0n) is 11.8. The van der Waals surface area contributed by atoms with Crippen LogP contribution in [0.1, 0.15) is 26.2 Å². The molecule has 1 N–H and O–H groups in total. The number of amides is 1. The number of carbonyl (C=O) groups is 1. The van der Waals surface area contributed by atoms with Crippen LogP contribution in [0.3, 0.4) is 0 Å². The smallest absolute Gasteiger partial charge is 0.324 e. The van der Waals surface area contributed by atoms with Crippen molar-refractivity contribution in [2.45, 2.75) is 6.04 Å². The molecule has 1 aromatic carbocycles. The summed E-state index contributed by atoms with van der Waals surface area (Å²) < 4.78 is 0. The molecule has 2 heterocycles. The van der Waals surface area contributed by atoms with Gasteiger partial charge in [-0.15, -0.1) is 11.3 Å². The summed E-state index contributed by atoms with van der Waals surface area (Å²) in [6.45, 7) is 0. The highest BCUT2D eigenvalue weighted by molar-refractivity contribution is 7.17. The largest absolute Gasteiger partial charge is 0.340 e. The van der Waals surface area contributed by atoms with Gasteiger partial charge in [-0.25, -0.2) is 0 Å². The van der Waals surface area contributed by atoms with Crippen LogP contribution in [-0.2, 0) is 0 Å². The van der Waals surface area contributed by atoms with Gasteiger partial charge in [0.1, 0.15) is 0 Å². The van der Waals surface area contributed by atoms with Crippen LogP contribution >= 0.6 is 22.7 Å². The monoisotopic (exact) mass is 344 g/mol. The average molecular weight is 344 g/mol. The van der Waals surface area contributed by atoms with Gasteiger partial charge in [0.2, 0.25) is 0 Å². The minimum Gasteiger partial charge on any atom is -0.340 e. The number of carbonyl (C=O) groups excluding carboxylic acids is 1. The van der Waals surface area contributed by atoms with E-state index in [0.717, 1.165) is 21.8 Å². The van der Waals surface area contributed by atoms with E-state index in [1.54, 1.807) is 11.3 Å². The lowest BCUT2D eigenvalue weighted by atomic mass is 10.1. The Morgan fingerprint density at radius 2 is 1.87 bits per heavy atom. The van der Waals surface area contributed by atoms with Gasteiger partial charge in [-0.1, -0.05) is 47.7 Å².